The first-order chi connectivity index (χ1) is 11.6. The van der Waals surface area contributed by atoms with Crippen LogP contribution in [-0.4, -0.2) is 40.1 Å². The van der Waals surface area contributed by atoms with Gasteiger partial charge in [-0.15, -0.1) is 0 Å². The Balaban J connectivity index is 2.11. The molecule has 8 nitrogen and oxygen atoms in total. The summed E-state index contributed by atoms with van der Waals surface area (Å²) < 4.78 is 5.26. The highest BCUT2D eigenvalue weighted by molar-refractivity contribution is 5.79. The van der Waals surface area contributed by atoms with E-state index in [9.17, 15) is 24.8 Å². The Morgan fingerprint density at radius 3 is 2.60 bits per heavy atom. The summed E-state index contributed by atoms with van der Waals surface area (Å²) in [6.07, 6.45) is -0.0297. The van der Waals surface area contributed by atoms with Crippen LogP contribution in [0.1, 0.15) is 32.8 Å². The number of nitrogens with zero attached hydrogens (tertiary/aromatic N) is 2. The minimum absolute atomic E-state index is 0.0176. The third-order valence-corrected chi connectivity index (χ3v) is 3.93. The van der Waals surface area contributed by atoms with Crippen LogP contribution in [0.5, 0.6) is 0 Å². The maximum Gasteiger partial charge on any atom is 0.410 e. The minimum atomic E-state index is -1.33. The molecule has 0 spiro atoms. The van der Waals surface area contributed by atoms with Crippen molar-refractivity contribution in [1.29, 1.82) is 0 Å². The van der Waals surface area contributed by atoms with Crippen molar-refractivity contribution in [2.75, 3.05) is 6.54 Å². The molecule has 1 amide bonds. The van der Waals surface area contributed by atoms with Crippen molar-refractivity contribution in [2.45, 2.75) is 45.3 Å². The number of ether oxygens (including phenoxy) is 1. The zero-order valence-corrected chi connectivity index (χ0v) is 14.4. The van der Waals surface area contributed by atoms with Gasteiger partial charge in [-0.05, 0) is 45.1 Å². The van der Waals surface area contributed by atoms with Gasteiger partial charge in [0, 0.05) is 18.7 Å². The van der Waals surface area contributed by atoms with Gasteiger partial charge in [0.15, 0.2) is 0 Å². The van der Waals surface area contributed by atoms with Crippen LogP contribution in [0.15, 0.2) is 24.3 Å². The molecule has 1 aromatic carbocycles. The third-order valence-electron chi connectivity index (χ3n) is 3.93. The summed E-state index contributed by atoms with van der Waals surface area (Å²) in [5.41, 5.74) is -0.0237. The Hall–Kier alpha value is -2.64. The summed E-state index contributed by atoms with van der Waals surface area (Å²) in [6, 6.07) is 5.14. The van der Waals surface area contributed by atoms with E-state index in [2.05, 4.69) is 0 Å². The lowest BCUT2D eigenvalue weighted by atomic mass is 9.96. The van der Waals surface area contributed by atoms with Crippen molar-refractivity contribution in [3.05, 3.63) is 39.9 Å². The molecule has 1 aliphatic rings. The van der Waals surface area contributed by atoms with Crippen LogP contribution in [0.4, 0.5) is 10.5 Å². The van der Waals surface area contributed by atoms with Gasteiger partial charge in [-0.2, -0.15) is 0 Å². The second kappa shape index (κ2) is 7.08. The fourth-order valence-corrected chi connectivity index (χ4v) is 2.95. The highest BCUT2D eigenvalue weighted by Gasteiger charge is 2.38. The Bertz CT molecular complexity index is 682. The standard InChI is InChI=1S/C17H22N2O6/c1-17(2,3)25-16(22)18-10-12(9-14(18)15(20)21)7-11-5-4-6-13(8-11)19(23)24/h4-6,8,12,14H,7,9-10H2,1-3H3,(H,20,21)/p-1/t12-,14+/m1/s1. The average Bonchev–Trinajstić information content (AvgIpc) is 2.90. The molecule has 1 saturated heterocycles. The van der Waals surface area contributed by atoms with Crippen molar-refractivity contribution < 1.29 is 24.4 Å². The number of non-ortho nitro benzene ring substituents is 1. The molecule has 25 heavy (non-hydrogen) atoms. The summed E-state index contributed by atoms with van der Waals surface area (Å²) in [5.74, 6) is -1.47. The lowest BCUT2D eigenvalue weighted by Crippen LogP contribution is -2.48. The SMILES string of the molecule is CC(C)(C)OC(=O)N1C[C@H](Cc2cccc([N+](=O)[O-])c2)C[C@H]1C(=O)[O-]. The summed E-state index contributed by atoms with van der Waals surface area (Å²) in [6.45, 7) is 5.32. The number of carboxylic acid groups (broad SMARTS) is 1. The highest BCUT2D eigenvalue weighted by Crippen LogP contribution is 2.28. The summed E-state index contributed by atoms with van der Waals surface area (Å²) >= 11 is 0. The predicted molar refractivity (Wildman–Crippen MR) is 86.6 cm³/mol. The van der Waals surface area contributed by atoms with Gasteiger partial charge in [0.1, 0.15) is 5.60 Å². The minimum Gasteiger partial charge on any atom is -0.548 e. The molecule has 0 unspecified atom stereocenters. The average molecular weight is 349 g/mol. The molecule has 0 bridgehead atoms. The zero-order chi connectivity index (χ0) is 18.8. The van der Waals surface area contributed by atoms with Gasteiger partial charge in [-0.25, -0.2) is 4.79 Å². The van der Waals surface area contributed by atoms with E-state index in [1.54, 1.807) is 32.9 Å². The van der Waals surface area contributed by atoms with Gasteiger partial charge in [0.2, 0.25) is 0 Å². The fraction of sp³-hybridized carbons (Fsp3) is 0.529. The highest BCUT2D eigenvalue weighted by atomic mass is 16.6. The second-order valence-corrected chi connectivity index (χ2v) is 7.20. The lowest BCUT2D eigenvalue weighted by Gasteiger charge is -2.28. The van der Waals surface area contributed by atoms with Crippen molar-refractivity contribution >= 4 is 17.7 Å². The van der Waals surface area contributed by atoms with E-state index in [0.717, 1.165) is 5.56 Å². The Morgan fingerprint density at radius 2 is 2.04 bits per heavy atom. The molecule has 2 atom stereocenters. The smallest absolute Gasteiger partial charge is 0.410 e. The van der Waals surface area contributed by atoms with Crippen LogP contribution < -0.4 is 5.11 Å². The van der Waals surface area contributed by atoms with Gasteiger partial charge < -0.3 is 14.6 Å². The number of amides is 1. The molecule has 0 N–H and O–H groups in total. The fourth-order valence-electron chi connectivity index (χ4n) is 2.95. The topological polar surface area (TPSA) is 113 Å². The van der Waals surface area contributed by atoms with E-state index in [1.807, 2.05) is 0 Å². The van der Waals surface area contributed by atoms with E-state index in [4.69, 9.17) is 4.74 Å². The van der Waals surface area contributed by atoms with E-state index in [-0.39, 0.29) is 24.6 Å². The predicted octanol–water partition coefficient (Wildman–Crippen LogP) is 1.51. The van der Waals surface area contributed by atoms with Gasteiger partial charge >= 0.3 is 6.09 Å². The number of likely N-dealkylation sites (tertiary alicyclic amines) is 1. The number of benzene rings is 1. The molecule has 0 aliphatic carbocycles. The Kier molecular flexibility index (Phi) is 5.30. The first-order valence-corrected chi connectivity index (χ1v) is 8.00. The molecule has 0 radical (unpaired) electrons. The third kappa shape index (κ3) is 4.91. The number of hydrogen-bond donors (Lipinski definition) is 0. The number of hydrogen-bond acceptors (Lipinski definition) is 6. The number of nitro groups is 1. The molecule has 0 aromatic heterocycles. The number of nitro benzene ring substituents is 1. The number of carbonyl (C=O) groups is 2. The Morgan fingerprint density at radius 1 is 1.36 bits per heavy atom. The maximum absolute atomic E-state index is 12.2. The van der Waals surface area contributed by atoms with Crippen LogP contribution in [0.25, 0.3) is 0 Å². The molecule has 1 aromatic rings. The summed E-state index contributed by atoms with van der Waals surface area (Å²) in [5, 5.41) is 22.2. The molecule has 136 valence electrons. The van der Waals surface area contributed by atoms with E-state index in [1.165, 1.54) is 17.0 Å². The molecular weight excluding hydrogens is 328 g/mol. The van der Waals surface area contributed by atoms with Crippen LogP contribution in [0.2, 0.25) is 0 Å². The van der Waals surface area contributed by atoms with E-state index < -0.39 is 28.6 Å². The summed E-state index contributed by atoms with van der Waals surface area (Å²) in [7, 11) is 0. The molecule has 8 heteroatoms. The molecule has 2 rings (SSSR count). The first kappa shape index (κ1) is 18.7. The molecular formula is C17H21N2O6-. The van der Waals surface area contributed by atoms with Crippen LogP contribution >= 0.6 is 0 Å². The number of carbonyl (C=O) groups excluding carboxylic acids is 2. The zero-order valence-electron chi connectivity index (χ0n) is 14.4. The quantitative estimate of drug-likeness (QED) is 0.601. The summed E-state index contributed by atoms with van der Waals surface area (Å²) in [4.78, 5) is 35.2. The van der Waals surface area contributed by atoms with Gasteiger partial charge in [0.05, 0.1) is 16.9 Å². The van der Waals surface area contributed by atoms with Gasteiger partial charge in [-0.3, -0.25) is 15.0 Å². The maximum atomic E-state index is 12.2. The van der Waals surface area contributed by atoms with Crippen LogP contribution in [0, 0.1) is 16.0 Å². The van der Waals surface area contributed by atoms with E-state index >= 15 is 0 Å². The number of rotatable bonds is 4. The molecule has 1 fully saturated rings. The van der Waals surface area contributed by atoms with Gasteiger partial charge in [-0.1, -0.05) is 12.1 Å². The van der Waals surface area contributed by atoms with Crippen molar-refractivity contribution in [3.63, 3.8) is 0 Å². The second-order valence-electron chi connectivity index (χ2n) is 7.20. The first-order valence-electron chi connectivity index (χ1n) is 8.00. The molecule has 0 saturated carbocycles. The largest absolute Gasteiger partial charge is 0.548 e. The van der Waals surface area contributed by atoms with Gasteiger partial charge in [0.25, 0.3) is 5.69 Å². The van der Waals surface area contributed by atoms with E-state index in [0.29, 0.717) is 6.42 Å². The molecule has 1 heterocycles. The Labute approximate surface area is 145 Å². The van der Waals surface area contributed by atoms with Crippen molar-refractivity contribution in [1.82, 2.24) is 4.90 Å². The molecule has 1 aliphatic heterocycles. The monoisotopic (exact) mass is 349 g/mol. The number of aliphatic carboxylic acids is 1. The number of carboxylic acids is 1. The van der Waals surface area contributed by atoms with Crippen LogP contribution in [0.3, 0.4) is 0 Å². The lowest BCUT2D eigenvalue weighted by molar-refractivity contribution is -0.384. The van der Waals surface area contributed by atoms with Crippen molar-refractivity contribution in [3.8, 4) is 0 Å². The normalized spacial score (nSPS) is 20.4. The van der Waals surface area contributed by atoms with Crippen LogP contribution in [-0.2, 0) is 16.0 Å². The van der Waals surface area contributed by atoms with Crippen molar-refractivity contribution in [2.24, 2.45) is 5.92 Å².